The molecule has 0 aliphatic heterocycles. The summed E-state index contributed by atoms with van der Waals surface area (Å²) in [6.07, 6.45) is 4.79. The Labute approximate surface area is 119 Å². The first-order chi connectivity index (χ1) is 9.78. The molecule has 20 heavy (non-hydrogen) atoms. The summed E-state index contributed by atoms with van der Waals surface area (Å²) in [6.45, 7) is 3.70. The number of para-hydroxylation sites is 1. The summed E-state index contributed by atoms with van der Waals surface area (Å²) in [7, 11) is 0. The van der Waals surface area contributed by atoms with Crippen molar-refractivity contribution < 1.29 is 9.21 Å². The molecule has 0 radical (unpaired) electrons. The molecule has 3 nitrogen and oxygen atoms in total. The van der Waals surface area contributed by atoms with Crippen molar-refractivity contribution in [1.29, 1.82) is 0 Å². The first-order valence-electron chi connectivity index (χ1n) is 7.53. The number of unbranched alkanes of at least 4 members (excludes halogenated alkanes) is 1. The highest BCUT2D eigenvalue weighted by Gasteiger charge is 2.30. The van der Waals surface area contributed by atoms with Gasteiger partial charge in [-0.15, -0.1) is 0 Å². The highest BCUT2D eigenvalue weighted by atomic mass is 16.3. The number of benzene rings is 1. The Morgan fingerprint density at radius 1 is 1.35 bits per heavy atom. The average Bonchev–Trinajstić information content (AvgIpc) is 3.21. The van der Waals surface area contributed by atoms with Gasteiger partial charge in [-0.1, -0.05) is 31.5 Å². The molecular weight excluding hydrogens is 250 g/mol. The minimum absolute atomic E-state index is 0.101. The van der Waals surface area contributed by atoms with E-state index in [0.717, 1.165) is 23.9 Å². The summed E-state index contributed by atoms with van der Waals surface area (Å²) in [5.41, 5.74) is 0.794. The van der Waals surface area contributed by atoms with Crippen LogP contribution in [-0.4, -0.2) is 29.8 Å². The average molecular weight is 271 g/mol. The van der Waals surface area contributed by atoms with Crippen LogP contribution in [0.15, 0.2) is 34.7 Å². The van der Waals surface area contributed by atoms with Gasteiger partial charge in [-0.25, -0.2) is 0 Å². The van der Waals surface area contributed by atoms with Crippen LogP contribution in [0.1, 0.15) is 43.2 Å². The highest BCUT2D eigenvalue weighted by molar-refractivity contribution is 5.98. The van der Waals surface area contributed by atoms with E-state index in [4.69, 9.17) is 4.42 Å². The lowest BCUT2D eigenvalue weighted by Crippen LogP contribution is -2.32. The Balaban J connectivity index is 1.70. The van der Waals surface area contributed by atoms with Crippen molar-refractivity contribution in [3.05, 3.63) is 36.1 Å². The van der Waals surface area contributed by atoms with E-state index in [1.54, 1.807) is 0 Å². The number of hydrogen-bond donors (Lipinski definition) is 0. The molecule has 3 rings (SSSR count). The van der Waals surface area contributed by atoms with Gasteiger partial charge in [0, 0.05) is 11.4 Å². The Bertz CT molecular complexity index is 565. The monoisotopic (exact) mass is 271 g/mol. The van der Waals surface area contributed by atoms with Crippen molar-refractivity contribution in [2.24, 2.45) is 0 Å². The largest absolute Gasteiger partial charge is 0.453 e. The molecule has 0 unspecified atom stereocenters. The summed E-state index contributed by atoms with van der Waals surface area (Å²) in [5.74, 6) is 0.595. The SMILES string of the molecule is CCCCN(CC(=O)c1cc2ccccc2o1)C1CC1. The number of carbonyl (C=O) groups excluding carboxylic acids is 1. The van der Waals surface area contributed by atoms with E-state index in [2.05, 4.69) is 11.8 Å². The summed E-state index contributed by atoms with van der Waals surface area (Å²) in [5, 5.41) is 1.00. The van der Waals surface area contributed by atoms with Crippen LogP contribution in [0.2, 0.25) is 0 Å². The number of hydrogen-bond acceptors (Lipinski definition) is 3. The molecule has 0 atom stereocenters. The molecule has 0 N–H and O–H groups in total. The summed E-state index contributed by atoms with van der Waals surface area (Å²) >= 11 is 0. The van der Waals surface area contributed by atoms with Gasteiger partial charge < -0.3 is 4.42 Å². The third-order valence-corrected chi connectivity index (χ3v) is 3.91. The second-order valence-corrected chi connectivity index (χ2v) is 5.63. The van der Waals surface area contributed by atoms with Gasteiger partial charge >= 0.3 is 0 Å². The Hall–Kier alpha value is -1.61. The molecule has 0 spiro atoms. The number of Topliss-reactive ketones (excluding diaryl/α,β-unsaturated/α-hetero) is 1. The second-order valence-electron chi connectivity index (χ2n) is 5.63. The fourth-order valence-electron chi connectivity index (χ4n) is 2.57. The van der Waals surface area contributed by atoms with Crippen molar-refractivity contribution in [2.75, 3.05) is 13.1 Å². The smallest absolute Gasteiger partial charge is 0.211 e. The minimum Gasteiger partial charge on any atom is -0.453 e. The van der Waals surface area contributed by atoms with Crippen molar-refractivity contribution in [1.82, 2.24) is 4.90 Å². The van der Waals surface area contributed by atoms with Gasteiger partial charge in [0.05, 0.1) is 6.54 Å². The van der Waals surface area contributed by atoms with E-state index >= 15 is 0 Å². The standard InChI is InChI=1S/C17H21NO2/c1-2-3-10-18(14-8-9-14)12-15(19)17-11-13-6-4-5-7-16(13)20-17/h4-7,11,14H,2-3,8-10,12H2,1H3. The maximum Gasteiger partial charge on any atom is 0.211 e. The molecule has 0 amide bonds. The zero-order chi connectivity index (χ0) is 13.9. The van der Waals surface area contributed by atoms with Crippen LogP contribution in [0.3, 0.4) is 0 Å². The quantitative estimate of drug-likeness (QED) is 0.716. The molecule has 1 aliphatic carbocycles. The second kappa shape index (κ2) is 5.80. The van der Waals surface area contributed by atoms with Crippen LogP contribution in [0.5, 0.6) is 0 Å². The normalized spacial score (nSPS) is 15.1. The van der Waals surface area contributed by atoms with E-state index in [-0.39, 0.29) is 5.78 Å². The van der Waals surface area contributed by atoms with Crippen LogP contribution in [0.25, 0.3) is 11.0 Å². The van der Waals surface area contributed by atoms with Gasteiger partial charge in [0.15, 0.2) is 5.76 Å². The molecule has 3 heteroatoms. The molecule has 1 aliphatic rings. The summed E-state index contributed by atoms with van der Waals surface area (Å²) in [4.78, 5) is 14.7. The van der Waals surface area contributed by atoms with Gasteiger partial charge in [0.25, 0.3) is 0 Å². The van der Waals surface area contributed by atoms with Crippen molar-refractivity contribution >= 4 is 16.8 Å². The van der Waals surface area contributed by atoms with Crippen LogP contribution in [0, 0.1) is 0 Å². The predicted octanol–water partition coefficient (Wildman–Crippen LogP) is 3.88. The first kappa shape index (κ1) is 13.4. The van der Waals surface area contributed by atoms with E-state index in [1.807, 2.05) is 30.3 Å². The lowest BCUT2D eigenvalue weighted by molar-refractivity contribution is 0.0898. The topological polar surface area (TPSA) is 33.5 Å². The maximum absolute atomic E-state index is 12.4. The van der Waals surface area contributed by atoms with Gasteiger partial charge in [0.1, 0.15) is 5.58 Å². The van der Waals surface area contributed by atoms with E-state index in [9.17, 15) is 4.79 Å². The zero-order valence-electron chi connectivity index (χ0n) is 12.0. The Morgan fingerprint density at radius 2 is 2.15 bits per heavy atom. The maximum atomic E-state index is 12.4. The molecule has 2 aromatic rings. The van der Waals surface area contributed by atoms with Crippen LogP contribution >= 0.6 is 0 Å². The molecule has 1 heterocycles. The van der Waals surface area contributed by atoms with Crippen molar-refractivity contribution in [3.63, 3.8) is 0 Å². The molecule has 1 aromatic heterocycles. The van der Waals surface area contributed by atoms with Crippen molar-refractivity contribution in [2.45, 2.75) is 38.6 Å². The fourth-order valence-corrected chi connectivity index (χ4v) is 2.57. The third kappa shape index (κ3) is 2.93. The molecule has 1 fully saturated rings. The number of furan rings is 1. The number of rotatable bonds is 7. The number of ketones is 1. The Morgan fingerprint density at radius 3 is 2.85 bits per heavy atom. The van der Waals surface area contributed by atoms with E-state index in [1.165, 1.54) is 19.3 Å². The molecule has 1 aromatic carbocycles. The summed E-state index contributed by atoms with van der Waals surface area (Å²) < 4.78 is 5.66. The van der Waals surface area contributed by atoms with Gasteiger partial charge in [-0.05, 0) is 37.9 Å². The zero-order valence-corrected chi connectivity index (χ0v) is 12.0. The summed E-state index contributed by atoms with van der Waals surface area (Å²) in [6, 6.07) is 10.3. The van der Waals surface area contributed by atoms with E-state index < -0.39 is 0 Å². The predicted molar refractivity (Wildman–Crippen MR) is 80.0 cm³/mol. The van der Waals surface area contributed by atoms with E-state index in [0.29, 0.717) is 18.3 Å². The highest BCUT2D eigenvalue weighted by Crippen LogP contribution is 2.27. The third-order valence-electron chi connectivity index (χ3n) is 3.91. The van der Waals surface area contributed by atoms with Gasteiger partial charge in [-0.2, -0.15) is 0 Å². The molecular formula is C17H21NO2. The van der Waals surface area contributed by atoms with Gasteiger partial charge in [0.2, 0.25) is 5.78 Å². The Kier molecular flexibility index (Phi) is 3.88. The molecule has 0 bridgehead atoms. The lowest BCUT2D eigenvalue weighted by Gasteiger charge is -2.20. The van der Waals surface area contributed by atoms with Gasteiger partial charge in [-0.3, -0.25) is 9.69 Å². The minimum atomic E-state index is 0.101. The number of carbonyl (C=O) groups is 1. The first-order valence-corrected chi connectivity index (χ1v) is 7.53. The van der Waals surface area contributed by atoms with Crippen LogP contribution in [0.4, 0.5) is 0 Å². The fraction of sp³-hybridized carbons (Fsp3) is 0.471. The number of fused-ring (bicyclic) bond motifs is 1. The lowest BCUT2D eigenvalue weighted by atomic mass is 10.2. The molecule has 0 saturated heterocycles. The molecule has 1 saturated carbocycles. The number of nitrogens with zero attached hydrogens (tertiary/aromatic N) is 1. The molecule has 106 valence electrons. The van der Waals surface area contributed by atoms with Crippen molar-refractivity contribution in [3.8, 4) is 0 Å². The van der Waals surface area contributed by atoms with Crippen LogP contribution < -0.4 is 0 Å². The van der Waals surface area contributed by atoms with Crippen LogP contribution in [-0.2, 0) is 0 Å².